The van der Waals surface area contributed by atoms with Crippen LogP contribution in [0.3, 0.4) is 0 Å². The van der Waals surface area contributed by atoms with Crippen LogP contribution in [0.1, 0.15) is 0 Å². The second-order valence-electron chi connectivity index (χ2n) is 11.9. The van der Waals surface area contributed by atoms with Gasteiger partial charge in [-0.2, -0.15) is 0 Å². The molecule has 0 unspecified atom stereocenters. The molecule has 0 aliphatic carbocycles. The highest BCUT2D eigenvalue weighted by Crippen LogP contribution is 2.41. The third-order valence-corrected chi connectivity index (χ3v) is 9.06. The minimum absolute atomic E-state index is 1.11. The molecule has 2 heteroatoms. The molecule has 8 rings (SSSR count). The van der Waals surface area contributed by atoms with Crippen LogP contribution in [0, 0.1) is 0 Å². The molecule has 8 aromatic rings. The Morgan fingerprint density at radius 2 is 0.787 bits per heavy atom. The Bertz CT molecular complexity index is 2290. The molecule has 2 nitrogen and oxygen atoms in total. The van der Waals surface area contributed by atoms with Crippen molar-refractivity contribution in [2.75, 3.05) is 16.8 Å². The van der Waals surface area contributed by atoms with E-state index in [2.05, 4.69) is 205 Å². The zero-order valence-electron chi connectivity index (χ0n) is 26.3. The maximum Gasteiger partial charge on any atom is 0.0540 e. The fourth-order valence-electron chi connectivity index (χ4n) is 6.61. The normalized spacial score (nSPS) is 11.1. The molecular weight excluding hydrogens is 569 g/mol. The van der Waals surface area contributed by atoms with E-state index in [9.17, 15) is 0 Å². The van der Waals surface area contributed by atoms with Crippen molar-refractivity contribution in [2.45, 2.75) is 0 Å². The van der Waals surface area contributed by atoms with Crippen molar-refractivity contribution in [3.63, 3.8) is 0 Å². The number of hydrogen-bond donors (Lipinski definition) is 0. The average molecular weight is 603 g/mol. The van der Waals surface area contributed by atoms with Crippen LogP contribution in [0.25, 0.3) is 43.8 Å². The Hall–Kier alpha value is -6.12. The van der Waals surface area contributed by atoms with E-state index in [1.807, 2.05) is 0 Å². The van der Waals surface area contributed by atoms with Crippen LogP contribution >= 0.6 is 0 Å². The Kier molecular flexibility index (Phi) is 7.45. The molecule has 0 N–H and O–H groups in total. The van der Waals surface area contributed by atoms with Gasteiger partial charge in [0.2, 0.25) is 0 Å². The number of nitrogens with zero attached hydrogens (tertiary/aromatic N) is 2. The van der Waals surface area contributed by atoms with E-state index in [4.69, 9.17) is 0 Å². The van der Waals surface area contributed by atoms with Gasteiger partial charge in [0.1, 0.15) is 0 Å². The van der Waals surface area contributed by atoms with Gasteiger partial charge in [-0.25, -0.2) is 0 Å². The lowest BCUT2D eigenvalue weighted by Crippen LogP contribution is -2.10. The quantitative estimate of drug-likeness (QED) is 0.179. The first-order valence-electron chi connectivity index (χ1n) is 16.1. The van der Waals surface area contributed by atoms with E-state index in [-0.39, 0.29) is 0 Å². The summed E-state index contributed by atoms with van der Waals surface area (Å²) < 4.78 is 0. The van der Waals surface area contributed by atoms with Gasteiger partial charge < -0.3 is 9.80 Å². The molecule has 0 aliphatic rings. The summed E-state index contributed by atoms with van der Waals surface area (Å²) in [6, 6.07) is 67.4. The molecule has 0 aliphatic heterocycles. The third-order valence-electron chi connectivity index (χ3n) is 9.06. The first kappa shape index (κ1) is 28.4. The van der Waals surface area contributed by atoms with E-state index < -0.39 is 0 Å². The molecule has 8 aromatic carbocycles. The van der Waals surface area contributed by atoms with Crippen molar-refractivity contribution >= 4 is 50.0 Å². The second kappa shape index (κ2) is 12.3. The van der Waals surface area contributed by atoms with Crippen LogP contribution in [0.5, 0.6) is 0 Å². The summed E-state index contributed by atoms with van der Waals surface area (Å²) in [7, 11) is 2.14. The van der Waals surface area contributed by atoms with Crippen LogP contribution in [0.15, 0.2) is 188 Å². The predicted molar refractivity (Wildman–Crippen MR) is 202 cm³/mol. The highest BCUT2D eigenvalue weighted by molar-refractivity contribution is 5.99. The maximum absolute atomic E-state index is 2.38. The van der Waals surface area contributed by atoms with Gasteiger partial charge in [-0.15, -0.1) is 0 Å². The summed E-state index contributed by atoms with van der Waals surface area (Å²) in [6.07, 6.45) is 0. The van der Waals surface area contributed by atoms with E-state index in [0.29, 0.717) is 0 Å². The lowest BCUT2D eigenvalue weighted by atomic mass is 10.0. The lowest BCUT2D eigenvalue weighted by Gasteiger charge is -2.27. The Morgan fingerprint density at radius 3 is 1.45 bits per heavy atom. The first-order valence-corrected chi connectivity index (χ1v) is 16.1. The van der Waals surface area contributed by atoms with Crippen molar-refractivity contribution in [3.05, 3.63) is 188 Å². The number of benzene rings is 8. The van der Waals surface area contributed by atoms with Gasteiger partial charge in [0.15, 0.2) is 0 Å². The van der Waals surface area contributed by atoms with Gasteiger partial charge in [0, 0.05) is 40.6 Å². The molecule has 0 radical (unpaired) electrons. The van der Waals surface area contributed by atoms with Crippen molar-refractivity contribution in [2.24, 2.45) is 0 Å². The van der Waals surface area contributed by atoms with Crippen LogP contribution in [-0.2, 0) is 0 Å². The summed E-state index contributed by atoms with van der Waals surface area (Å²) >= 11 is 0. The summed E-state index contributed by atoms with van der Waals surface area (Å²) in [5.74, 6) is 0. The SMILES string of the molecule is CN(c1ccc(-c2ccc(N(c3cccc(-c4ccccc4)c3)c3cccc4ccccc34)cc2)cc1)c1cccc2ccccc12. The molecule has 0 saturated heterocycles. The van der Waals surface area contributed by atoms with Gasteiger partial charge >= 0.3 is 0 Å². The Labute approximate surface area is 276 Å². The number of rotatable bonds is 7. The third kappa shape index (κ3) is 5.51. The maximum atomic E-state index is 2.38. The van der Waals surface area contributed by atoms with Crippen LogP contribution < -0.4 is 9.80 Å². The molecule has 224 valence electrons. The predicted octanol–water partition coefficient (Wildman–Crippen LogP) is 12.6. The molecule has 0 heterocycles. The van der Waals surface area contributed by atoms with Crippen LogP contribution in [0.2, 0.25) is 0 Å². The molecule has 47 heavy (non-hydrogen) atoms. The molecule has 0 aromatic heterocycles. The largest absolute Gasteiger partial charge is 0.344 e. The van der Waals surface area contributed by atoms with Crippen molar-refractivity contribution in [3.8, 4) is 22.3 Å². The summed E-state index contributed by atoms with van der Waals surface area (Å²) in [6.45, 7) is 0. The molecule has 0 amide bonds. The van der Waals surface area contributed by atoms with E-state index >= 15 is 0 Å². The topological polar surface area (TPSA) is 6.48 Å². The van der Waals surface area contributed by atoms with Crippen molar-refractivity contribution < 1.29 is 0 Å². The van der Waals surface area contributed by atoms with Gasteiger partial charge in [0.25, 0.3) is 0 Å². The molecular formula is C45H34N2. The minimum Gasteiger partial charge on any atom is -0.344 e. The smallest absolute Gasteiger partial charge is 0.0540 e. The summed E-state index contributed by atoms with van der Waals surface area (Å²) in [5, 5.41) is 4.94. The minimum atomic E-state index is 1.11. The van der Waals surface area contributed by atoms with Crippen molar-refractivity contribution in [1.29, 1.82) is 0 Å². The fourth-order valence-corrected chi connectivity index (χ4v) is 6.61. The monoisotopic (exact) mass is 602 g/mol. The van der Waals surface area contributed by atoms with Gasteiger partial charge in [0.05, 0.1) is 5.69 Å². The van der Waals surface area contributed by atoms with Gasteiger partial charge in [-0.1, -0.05) is 140 Å². The first-order chi connectivity index (χ1) is 23.2. The van der Waals surface area contributed by atoms with Crippen LogP contribution in [-0.4, -0.2) is 7.05 Å². The number of fused-ring (bicyclic) bond motifs is 2. The molecule has 0 saturated carbocycles. The highest BCUT2D eigenvalue weighted by atomic mass is 15.1. The molecule has 0 bridgehead atoms. The summed E-state index contributed by atoms with van der Waals surface area (Å²) in [4.78, 5) is 4.64. The second-order valence-corrected chi connectivity index (χ2v) is 11.9. The van der Waals surface area contributed by atoms with Crippen molar-refractivity contribution in [1.82, 2.24) is 0 Å². The number of hydrogen-bond acceptors (Lipinski definition) is 2. The van der Waals surface area contributed by atoms with E-state index in [1.165, 1.54) is 49.5 Å². The van der Waals surface area contributed by atoms with Crippen LogP contribution in [0.4, 0.5) is 28.4 Å². The Morgan fingerprint density at radius 1 is 0.319 bits per heavy atom. The summed E-state index contributed by atoms with van der Waals surface area (Å²) in [5.41, 5.74) is 10.5. The molecule has 0 atom stereocenters. The molecule has 0 fully saturated rings. The highest BCUT2D eigenvalue weighted by Gasteiger charge is 2.16. The molecule has 0 spiro atoms. The number of anilines is 5. The Balaban J connectivity index is 1.15. The van der Waals surface area contributed by atoms with E-state index in [1.54, 1.807) is 0 Å². The zero-order chi connectivity index (χ0) is 31.6. The van der Waals surface area contributed by atoms with Gasteiger partial charge in [-0.3, -0.25) is 0 Å². The standard InChI is InChI=1S/C45H34N2/c1-46(44-22-10-16-36-14-5-7-20-42(36)44)39-28-24-34(25-29-39)35-26-30-40(31-27-35)47(45-23-11-17-37-15-6-8-21-43(37)45)41-19-9-18-38(32-41)33-12-3-2-4-13-33/h2-32H,1H3. The van der Waals surface area contributed by atoms with E-state index in [0.717, 1.165) is 22.7 Å². The average Bonchev–Trinajstić information content (AvgIpc) is 3.15. The lowest BCUT2D eigenvalue weighted by molar-refractivity contribution is 1.22. The fraction of sp³-hybridized carbons (Fsp3) is 0.0222. The zero-order valence-corrected chi connectivity index (χ0v) is 26.3. The van der Waals surface area contributed by atoms with Gasteiger partial charge in [-0.05, 0) is 81.6 Å².